The summed E-state index contributed by atoms with van der Waals surface area (Å²) in [5, 5.41) is 6.81. The fourth-order valence-corrected chi connectivity index (χ4v) is 3.17. The number of carbonyl (C=O) groups excluding carboxylic acids is 1. The molecule has 0 fully saturated rings. The van der Waals surface area contributed by atoms with Crippen LogP contribution >= 0.6 is 11.3 Å². The zero-order valence-corrected chi connectivity index (χ0v) is 17.3. The van der Waals surface area contributed by atoms with E-state index >= 15 is 0 Å². The quantitative estimate of drug-likeness (QED) is 0.621. The topological polar surface area (TPSA) is 72.5 Å². The molecule has 1 heterocycles. The predicted molar refractivity (Wildman–Crippen MR) is 109 cm³/mol. The van der Waals surface area contributed by atoms with Gasteiger partial charge in [-0.25, -0.2) is 9.78 Å². The Hall–Kier alpha value is -2.28. The van der Waals surface area contributed by atoms with E-state index in [0.717, 1.165) is 39.8 Å². The van der Waals surface area contributed by atoms with Crippen LogP contribution in [0.25, 0.3) is 0 Å². The van der Waals surface area contributed by atoms with Gasteiger partial charge in [-0.05, 0) is 44.4 Å². The number of aryl methyl sites for hydroxylation is 1. The van der Waals surface area contributed by atoms with Gasteiger partial charge < -0.3 is 20.1 Å². The van der Waals surface area contributed by atoms with Crippen molar-refractivity contribution in [3.8, 4) is 11.5 Å². The Labute approximate surface area is 165 Å². The van der Waals surface area contributed by atoms with E-state index < -0.39 is 0 Å². The molecule has 1 unspecified atom stereocenters. The third-order valence-electron chi connectivity index (χ3n) is 3.83. The van der Waals surface area contributed by atoms with Gasteiger partial charge in [0.05, 0.1) is 30.8 Å². The number of nitrogens with zero attached hydrogens (tertiary/aromatic N) is 1. The zero-order chi connectivity index (χ0) is 19.6. The normalized spacial score (nSPS) is 11.7. The highest BCUT2D eigenvalue weighted by Gasteiger charge is 2.13. The molecule has 2 aromatic rings. The van der Waals surface area contributed by atoms with Crippen LogP contribution in [-0.2, 0) is 6.54 Å². The van der Waals surface area contributed by atoms with Crippen LogP contribution < -0.4 is 20.1 Å². The van der Waals surface area contributed by atoms with Gasteiger partial charge in [-0.3, -0.25) is 0 Å². The summed E-state index contributed by atoms with van der Waals surface area (Å²) in [6.45, 7) is 9.77. The van der Waals surface area contributed by atoms with Crippen molar-refractivity contribution in [2.45, 2.75) is 53.1 Å². The molecule has 2 amide bonds. The van der Waals surface area contributed by atoms with Crippen LogP contribution in [0.5, 0.6) is 11.5 Å². The third-order valence-corrected chi connectivity index (χ3v) is 4.74. The molecule has 0 spiro atoms. The SMILES string of the molecule is CCCOc1ccc(C(C)NC(=O)NCc2cnc(C)s2)cc1OCCC. The van der Waals surface area contributed by atoms with E-state index in [9.17, 15) is 4.79 Å². The molecule has 7 heteroatoms. The van der Waals surface area contributed by atoms with Crippen LogP contribution in [0, 0.1) is 6.92 Å². The van der Waals surface area contributed by atoms with Crippen molar-refractivity contribution in [2.75, 3.05) is 13.2 Å². The molecule has 0 aliphatic rings. The van der Waals surface area contributed by atoms with Crippen LogP contribution in [0.4, 0.5) is 4.79 Å². The Morgan fingerprint density at radius 3 is 2.52 bits per heavy atom. The van der Waals surface area contributed by atoms with Gasteiger partial charge in [-0.15, -0.1) is 11.3 Å². The second-order valence-electron chi connectivity index (χ2n) is 6.30. The lowest BCUT2D eigenvalue weighted by Gasteiger charge is -2.18. The van der Waals surface area contributed by atoms with E-state index in [-0.39, 0.29) is 12.1 Å². The third kappa shape index (κ3) is 6.75. The molecule has 148 valence electrons. The summed E-state index contributed by atoms with van der Waals surface area (Å²) < 4.78 is 11.6. The summed E-state index contributed by atoms with van der Waals surface area (Å²) in [6, 6.07) is 5.44. The van der Waals surface area contributed by atoms with E-state index in [1.807, 2.05) is 32.0 Å². The Morgan fingerprint density at radius 2 is 1.89 bits per heavy atom. The van der Waals surface area contributed by atoms with Crippen molar-refractivity contribution in [3.05, 3.63) is 39.8 Å². The van der Waals surface area contributed by atoms with Gasteiger partial charge in [0.2, 0.25) is 0 Å². The molecule has 2 N–H and O–H groups in total. The molecule has 6 nitrogen and oxygen atoms in total. The average Bonchev–Trinajstić information content (AvgIpc) is 3.08. The number of urea groups is 1. The molecule has 0 aliphatic carbocycles. The fraction of sp³-hybridized carbons (Fsp3) is 0.500. The number of aromatic nitrogens is 1. The standard InChI is InChI=1S/C20H29N3O3S/c1-5-9-25-18-8-7-16(11-19(18)26-10-6-2)14(3)23-20(24)22-13-17-12-21-15(4)27-17/h7-8,11-12,14H,5-6,9-10,13H2,1-4H3,(H2,22,23,24). The summed E-state index contributed by atoms with van der Waals surface area (Å²) in [5.41, 5.74) is 0.966. The van der Waals surface area contributed by atoms with E-state index in [1.165, 1.54) is 0 Å². The second-order valence-corrected chi connectivity index (χ2v) is 7.62. The number of thiazole rings is 1. The van der Waals surface area contributed by atoms with Crippen molar-refractivity contribution in [2.24, 2.45) is 0 Å². The van der Waals surface area contributed by atoms with E-state index in [0.29, 0.717) is 19.8 Å². The molecule has 0 saturated carbocycles. The molecule has 1 atom stereocenters. The number of hydrogen-bond donors (Lipinski definition) is 2. The molecule has 0 aliphatic heterocycles. The van der Waals surface area contributed by atoms with Crippen LogP contribution in [0.2, 0.25) is 0 Å². The minimum atomic E-state index is -0.212. The second kappa shape index (κ2) is 10.8. The van der Waals surface area contributed by atoms with Crippen molar-refractivity contribution < 1.29 is 14.3 Å². The summed E-state index contributed by atoms with van der Waals surface area (Å²) in [4.78, 5) is 17.4. The van der Waals surface area contributed by atoms with Gasteiger partial charge in [-0.1, -0.05) is 19.9 Å². The van der Waals surface area contributed by atoms with Crippen LogP contribution in [0.1, 0.15) is 55.1 Å². The molecule has 1 aromatic carbocycles. The van der Waals surface area contributed by atoms with Crippen LogP contribution in [0.3, 0.4) is 0 Å². The van der Waals surface area contributed by atoms with Gasteiger partial charge >= 0.3 is 6.03 Å². The Bertz CT molecular complexity index is 733. The Morgan fingerprint density at radius 1 is 1.19 bits per heavy atom. The molecule has 27 heavy (non-hydrogen) atoms. The molecule has 0 saturated heterocycles. The van der Waals surface area contributed by atoms with Gasteiger partial charge in [0.25, 0.3) is 0 Å². The summed E-state index contributed by atoms with van der Waals surface area (Å²) in [6.07, 6.45) is 3.65. The summed E-state index contributed by atoms with van der Waals surface area (Å²) in [5.74, 6) is 1.46. The Kier molecular flexibility index (Phi) is 8.39. The lowest BCUT2D eigenvalue weighted by Crippen LogP contribution is -2.36. The zero-order valence-electron chi connectivity index (χ0n) is 16.5. The molecule has 2 rings (SSSR count). The first-order valence-corrected chi connectivity index (χ1v) is 10.2. The number of nitrogens with one attached hydrogen (secondary N) is 2. The number of ether oxygens (including phenoxy) is 2. The number of amides is 2. The fourth-order valence-electron chi connectivity index (χ4n) is 2.44. The van der Waals surface area contributed by atoms with E-state index in [2.05, 4.69) is 29.5 Å². The molecular weight excluding hydrogens is 362 g/mol. The van der Waals surface area contributed by atoms with Gasteiger partial charge in [0.1, 0.15) is 0 Å². The largest absolute Gasteiger partial charge is 0.490 e. The number of hydrogen-bond acceptors (Lipinski definition) is 5. The van der Waals surface area contributed by atoms with Gasteiger partial charge in [0.15, 0.2) is 11.5 Å². The van der Waals surface area contributed by atoms with Crippen LogP contribution in [-0.4, -0.2) is 24.2 Å². The first kappa shape index (κ1) is 21.0. The van der Waals surface area contributed by atoms with Crippen molar-refractivity contribution in [1.29, 1.82) is 0 Å². The van der Waals surface area contributed by atoms with Crippen molar-refractivity contribution >= 4 is 17.4 Å². The smallest absolute Gasteiger partial charge is 0.315 e. The van der Waals surface area contributed by atoms with E-state index in [1.54, 1.807) is 17.5 Å². The lowest BCUT2D eigenvalue weighted by atomic mass is 10.1. The number of carbonyl (C=O) groups is 1. The number of rotatable bonds is 10. The Balaban J connectivity index is 1.96. The summed E-state index contributed by atoms with van der Waals surface area (Å²) in [7, 11) is 0. The maximum Gasteiger partial charge on any atom is 0.315 e. The first-order chi connectivity index (χ1) is 13.0. The van der Waals surface area contributed by atoms with E-state index in [4.69, 9.17) is 9.47 Å². The summed E-state index contributed by atoms with van der Waals surface area (Å²) >= 11 is 1.58. The maximum absolute atomic E-state index is 12.2. The average molecular weight is 392 g/mol. The van der Waals surface area contributed by atoms with Crippen molar-refractivity contribution in [1.82, 2.24) is 15.6 Å². The minimum absolute atomic E-state index is 0.155. The highest BCUT2D eigenvalue weighted by Crippen LogP contribution is 2.31. The lowest BCUT2D eigenvalue weighted by molar-refractivity contribution is 0.237. The highest BCUT2D eigenvalue weighted by molar-refractivity contribution is 7.11. The molecule has 0 bridgehead atoms. The molecular formula is C20H29N3O3S. The van der Waals surface area contributed by atoms with Crippen molar-refractivity contribution in [3.63, 3.8) is 0 Å². The molecule has 1 aromatic heterocycles. The van der Waals surface area contributed by atoms with Crippen LogP contribution in [0.15, 0.2) is 24.4 Å². The predicted octanol–water partition coefficient (Wildman–Crippen LogP) is 4.59. The minimum Gasteiger partial charge on any atom is -0.490 e. The first-order valence-electron chi connectivity index (χ1n) is 9.38. The highest BCUT2D eigenvalue weighted by atomic mass is 32.1. The number of benzene rings is 1. The molecule has 0 radical (unpaired) electrons. The maximum atomic E-state index is 12.2. The van der Waals surface area contributed by atoms with Gasteiger partial charge in [0, 0.05) is 11.1 Å². The van der Waals surface area contributed by atoms with Gasteiger partial charge in [-0.2, -0.15) is 0 Å². The monoisotopic (exact) mass is 391 g/mol.